The van der Waals surface area contributed by atoms with Crippen molar-refractivity contribution in [3.63, 3.8) is 0 Å². The lowest BCUT2D eigenvalue weighted by Crippen LogP contribution is -2.60. The average molecular weight is 583 g/mol. The van der Waals surface area contributed by atoms with E-state index in [0.29, 0.717) is 11.1 Å². The molecule has 0 aromatic heterocycles. The normalized spacial score (nSPS) is 36.6. The number of fused-ring (bicyclic) bond motifs is 1. The van der Waals surface area contributed by atoms with E-state index in [9.17, 15) is 35.7 Å². The third-order valence-electron chi connectivity index (χ3n) is 7.93. The van der Waals surface area contributed by atoms with Crippen molar-refractivity contribution in [2.75, 3.05) is 41.2 Å². The molecular weight excluding hydrogens is 548 g/mol. The molecule has 0 spiro atoms. The molecular formula is C27H34O14. The summed E-state index contributed by atoms with van der Waals surface area (Å²) < 4.78 is 39.2. The molecule has 0 saturated carbocycles. The van der Waals surface area contributed by atoms with Crippen LogP contribution in [-0.4, -0.2) is 119 Å². The molecule has 0 unspecified atom stereocenters. The monoisotopic (exact) mass is 582 g/mol. The number of aromatic hydroxyl groups is 1. The van der Waals surface area contributed by atoms with Crippen LogP contribution in [0.4, 0.5) is 0 Å². The Morgan fingerprint density at radius 1 is 0.780 bits per heavy atom. The molecule has 3 aliphatic rings. The molecule has 14 nitrogen and oxygen atoms in total. The predicted molar refractivity (Wildman–Crippen MR) is 136 cm³/mol. The number of phenols is 1. The second-order valence-corrected chi connectivity index (χ2v) is 10.2. The third-order valence-corrected chi connectivity index (χ3v) is 7.93. The molecule has 226 valence electrons. The lowest BCUT2D eigenvalue weighted by Gasteiger charge is -2.39. The highest BCUT2D eigenvalue weighted by molar-refractivity contribution is 5.55. The molecule has 0 amide bonds. The second kappa shape index (κ2) is 11.1. The van der Waals surface area contributed by atoms with Gasteiger partial charge in [0.2, 0.25) is 12.0 Å². The Hall–Kier alpha value is -2.92. The van der Waals surface area contributed by atoms with E-state index in [1.54, 1.807) is 6.07 Å². The highest BCUT2D eigenvalue weighted by Crippen LogP contribution is 2.57. The molecule has 3 heterocycles. The Morgan fingerprint density at radius 3 is 1.85 bits per heavy atom. The molecule has 3 fully saturated rings. The summed E-state index contributed by atoms with van der Waals surface area (Å²) >= 11 is 0. The summed E-state index contributed by atoms with van der Waals surface area (Å²) in [4.78, 5) is 0. The summed E-state index contributed by atoms with van der Waals surface area (Å²) in [5, 5.41) is 73.6. The molecule has 3 aliphatic heterocycles. The van der Waals surface area contributed by atoms with Gasteiger partial charge in [0.1, 0.15) is 36.6 Å². The molecule has 0 bridgehead atoms. The van der Waals surface area contributed by atoms with Crippen LogP contribution in [0.25, 0.3) is 0 Å². The first kappa shape index (κ1) is 29.6. The van der Waals surface area contributed by atoms with Crippen LogP contribution in [0.15, 0.2) is 30.3 Å². The summed E-state index contributed by atoms with van der Waals surface area (Å²) in [7, 11) is 4.07. The van der Waals surface area contributed by atoms with Crippen LogP contribution in [0.1, 0.15) is 23.3 Å². The largest absolute Gasteiger partial charge is 0.504 e. The van der Waals surface area contributed by atoms with E-state index in [1.165, 1.54) is 45.6 Å². The van der Waals surface area contributed by atoms with E-state index in [0.717, 1.165) is 0 Å². The van der Waals surface area contributed by atoms with Crippen molar-refractivity contribution >= 4 is 0 Å². The molecule has 3 saturated heterocycles. The lowest BCUT2D eigenvalue weighted by molar-refractivity contribution is -0.277. The van der Waals surface area contributed by atoms with E-state index in [2.05, 4.69) is 0 Å². The number of ether oxygens (including phenoxy) is 7. The third kappa shape index (κ3) is 4.65. The summed E-state index contributed by atoms with van der Waals surface area (Å²) in [5.74, 6) is 0.169. The van der Waals surface area contributed by atoms with Crippen LogP contribution >= 0.6 is 0 Å². The van der Waals surface area contributed by atoms with Crippen LogP contribution in [0.2, 0.25) is 0 Å². The van der Waals surface area contributed by atoms with Gasteiger partial charge in [-0.2, -0.15) is 0 Å². The van der Waals surface area contributed by atoms with Crippen molar-refractivity contribution in [2.24, 2.45) is 0 Å². The van der Waals surface area contributed by atoms with Gasteiger partial charge >= 0.3 is 0 Å². The maximum Gasteiger partial charge on any atom is 0.229 e. The summed E-state index contributed by atoms with van der Waals surface area (Å²) in [6.07, 6.45) is -9.74. The molecule has 0 radical (unpaired) electrons. The first-order valence-electron chi connectivity index (χ1n) is 12.8. The number of aliphatic hydroxyl groups excluding tert-OH is 4. The SMILES string of the molecule is COc1cc([C@H]2OC[C@]3(O)[C@@H](c4cc(OC)c(O[C@@H]5O[C@H](CO)[C@@H](O)[C@H](O)[C@H]5O)c(OC)c4)OC[C@]23O)ccc1O. The van der Waals surface area contributed by atoms with E-state index >= 15 is 0 Å². The molecule has 14 heteroatoms. The van der Waals surface area contributed by atoms with Gasteiger partial charge in [-0.3, -0.25) is 0 Å². The minimum absolute atomic E-state index is 0.0416. The summed E-state index contributed by atoms with van der Waals surface area (Å²) in [6, 6.07) is 7.42. The molecule has 2 aromatic rings. The first-order chi connectivity index (χ1) is 19.5. The van der Waals surface area contributed by atoms with Crippen LogP contribution in [0.3, 0.4) is 0 Å². The van der Waals surface area contributed by atoms with E-state index in [-0.39, 0.29) is 42.0 Å². The highest BCUT2D eigenvalue weighted by atomic mass is 16.7. The van der Waals surface area contributed by atoms with Crippen molar-refractivity contribution in [3.05, 3.63) is 41.5 Å². The Labute approximate surface area is 234 Å². The Kier molecular flexibility index (Phi) is 7.97. The maximum absolute atomic E-state index is 11.8. The number of hydrogen-bond acceptors (Lipinski definition) is 14. The smallest absolute Gasteiger partial charge is 0.229 e. The van der Waals surface area contributed by atoms with Crippen molar-refractivity contribution in [3.8, 4) is 28.7 Å². The lowest BCUT2D eigenvalue weighted by atomic mass is 9.77. The van der Waals surface area contributed by atoms with Crippen LogP contribution in [-0.2, 0) is 14.2 Å². The zero-order valence-corrected chi connectivity index (χ0v) is 22.5. The zero-order chi connectivity index (χ0) is 29.7. The van der Waals surface area contributed by atoms with Gasteiger partial charge in [0.15, 0.2) is 34.2 Å². The van der Waals surface area contributed by atoms with Gasteiger partial charge in [-0.25, -0.2) is 0 Å². The van der Waals surface area contributed by atoms with Gasteiger partial charge in [0.05, 0.1) is 41.2 Å². The van der Waals surface area contributed by atoms with Crippen LogP contribution in [0.5, 0.6) is 28.7 Å². The molecule has 9 atom stereocenters. The van der Waals surface area contributed by atoms with E-state index in [1.807, 2.05) is 0 Å². The fourth-order valence-electron chi connectivity index (χ4n) is 5.60. The minimum Gasteiger partial charge on any atom is -0.504 e. The fraction of sp³-hybridized carbons (Fsp3) is 0.556. The number of rotatable bonds is 8. The second-order valence-electron chi connectivity index (χ2n) is 10.2. The number of aliphatic hydroxyl groups is 6. The van der Waals surface area contributed by atoms with Crippen LogP contribution < -0.4 is 18.9 Å². The van der Waals surface area contributed by atoms with Crippen molar-refractivity contribution in [2.45, 2.75) is 54.1 Å². The zero-order valence-electron chi connectivity index (χ0n) is 22.5. The quantitative estimate of drug-likeness (QED) is 0.197. The Morgan fingerprint density at radius 2 is 1.32 bits per heavy atom. The minimum atomic E-state index is -1.92. The van der Waals surface area contributed by atoms with Crippen LogP contribution in [0, 0.1) is 0 Å². The summed E-state index contributed by atoms with van der Waals surface area (Å²) in [6.45, 7) is -1.23. The maximum atomic E-state index is 11.8. The number of hydrogen-bond donors (Lipinski definition) is 7. The van der Waals surface area contributed by atoms with Crippen molar-refractivity contribution < 1.29 is 68.9 Å². The first-order valence-corrected chi connectivity index (χ1v) is 12.8. The van der Waals surface area contributed by atoms with Gasteiger partial charge in [0.25, 0.3) is 0 Å². The van der Waals surface area contributed by atoms with E-state index < -0.39 is 60.7 Å². The molecule has 2 aromatic carbocycles. The fourth-order valence-corrected chi connectivity index (χ4v) is 5.60. The molecule has 41 heavy (non-hydrogen) atoms. The number of benzene rings is 2. The van der Waals surface area contributed by atoms with Gasteiger partial charge in [-0.15, -0.1) is 0 Å². The van der Waals surface area contributed by atoms with Gasteiger partial charge in [0, 0.05) is 0 Å². The standard InChI is InChI=1S/C27H34O14/c1-35-15-6-12(4-5-14(15)29)23-26(33)10-39-24(27(26,34)11-38-23)13-7-16(36-2)22(17(8-13)37-3)41-25-21(32)20(31)19(30)18(9-28)40-25/h4-8,18-21,23-25,28-34H,9-11H2,1-3H3/t18-,19-,20+,21-,23-,24-,25+,26+,27+/m1/s1. The Bertz CT molecular complexity index is 1230. The topological polar surface area (TPSA) is 206 Å². The van der Waals surface area contributed by atoms with E-state index in [4.69, 9.17) is 33.2 Å². The molecule has 0 aliphatic carbocycles. The summed E-state index contributed by atoms with van der Waals surface area (Å²) in [5.41, 5.74) is -3.00. The Balaban J connectivity index is 1.46. The van der Waals surface area contributed by atoms with Crippen molar-refractivity contribution in [1.29, 1.82) is 0 Å². The van der Waals surface area contributed by atoms with Crippen molar-refractivity contribution in [1.82, 2.24) is 0 Å². The number of methoxy groups -OCH3 is 3. The van der Waals surface area contributed by atoms with Gasteiger partial charge in [-0.1, -0.05) is 6.07 Å². The van der Waals surface area contributed by atoms with Gasteiger partial charge in [-0.05, 0) is 35.4 Å². The predicted octanol–water partition coefficient (Wildman–Crippen LogP) is -1.10. The average Bonchev–Trinajstić information content (AvgIpc) is 3.39. The molecule has 7 N–H and O–H groups in total. The highest BCUT2D eigenvalue weighted by Gasteiger charge is 2.69. The number of phenolic OH excluding ortho intramolecular Hbond substituents is 1. The van der Waals surface area contributed by atoms with Gasteiger partial charge < -0.3 is 68.9 Å². The molecule has 5 rings (SSSR count).